The van der Waals surface area contributed by atoms with E-state index in [1.807, 2.05) is 12.3 Å². The van der Waals surface area contributed by atoms with Crippen molar-refractivity contribution >= 4 is 17.0 Å². The summed E-state index contributed by atoms with van der Waals surface area (Å²) in [4.78, 5) is 4.34. The molecule has 0 amide bonds. The molecular formula is C13H14F2N2S. The first-order chi connectivity index (χ1) is 8.61. The molecule has 18 heavy (non-hydrogen) atoms. The maximum Gasteiger partial charge on any atom is 0.152 e. The third-order valence-electron chi connectivity index (χ3n) is 2.63. The second kappa shape index (κ2) is 5.44. The SMILES string of the molecule is CCc1nc(CNc2c(F)ccc(C)c2F)cs1. The summed E-state index contributed by atoms with van der Waals surface area (Å²) < 4.78 is 27.2. The lowest BCUT2D eigenvalue weighted by molar-refractivity contribution is 0.582. The molecule has 0 aliphatic carbocycles. The van der Waals surface area contributed by atoms with Crippen molar-refractivity contribution in [1.29, 1.82) is 0 Å². The van der Waals surface area contributed by atoms with Gasteiger partial charge in [0.15, 0.2) is 5.82 Å². The minimum atomic E-state index is -0.580. The Morgan fingerprint density at radius 1 is 1.33 bits per heavy atom. The van der Waals surface area contributed by atoms with Gasteiger partial charge in [-0.15, -0.1) is 11.3 Å². The molecule has 2 aromatic rings. The van der Waals surface area contributed by atoms with Crippen LogP contribution in [0.4, 0.5) is 14.5 Å². The summed E-state index contributed by atoms with van der Waals surface area (Å²) in [6.45, 7) is 3.96. The molecule has 1 N–H and O–H groups in total. The van der Waals surface area contributed by atoms with Crippen molar-refractivity contribution in [2.24, 2.45) is 0 Å². The third-order valence-corrected chi connectivity index (χ3v) is 3.67. The van der Waals surface area contributed by atoms with Crippen LogP contribution in [0.15, 0.2) is 17.5 Å². The van der Waals surface area contributed by atoms with E-state index in [1.54, 1.807) is 18.3 Å². The van der Waals surface area contributed by atoms with Crippen molar-refractivity contribution in [3.05, 3.63) is 45.4 Å². The minimum absolute atomic E-state index is 0.0824. The van der Waals surface area contributed by atoms with Crippen LogP contribution in [0.25, 0.3) is 0 Å². The smallest absolute Gasteiger partial charge is 0.152 e. The molecule has 2 nitrogen and oxygen atoms in total. The molecule has 0 fully saturated rings. The Labute approximate surface area is 109 Å². The number of anilines is 1. The Bertz CT molecular complexity index is 552. The number of halogens is 2. The Morgan fingerprint density at radius 2 is 2.11 bits per heavy atom. The van der Waals surface area contributed by atoms with Crippen LogP contribution in [0, 0.1) is 18.6 Å². The highest BCUT2D eigenvalue weighted by Gasteiger charge is 2.11. The van der Waals surface area contributed by atoms with Gasteiger partial charge in [0.05, 0.1) is 17.2 Å². The number of benzene rings is 1. The van der Waals surface area contributed by atoms with Crippen LogP contribution < -0.4 is 5.32 Å². The van der Waals surface area contributed by atoms with E-state index in [0.717, 1.165) is 17.1 Å². The van der Waals surface area contributed by atoms with Crippen LogP contribution in [0.2, 0.25) is 0 Å². The van der Waals surface area contributed by atoms with Crippen molar-refractivity contribution in [1.82, 2.24) is 4.98 Å². The fraction of sp³-hybridized carbons (Fsp3) is 0.308. The number of nitrogens with one attached hydrogen (secondary N) is 1. The molecule has 0 bridgehead atoms. The minimum Gasteiger partial charge on any atom is -0.375 e. The molecule has 1 aromatic carbocycles. The largest absolute Gasteiger partial charge is 0.375 e. The average Bonchev–Trinajstić information content (AvgIpc) is 2.82. The van der Waals surface area contributed by atoms with Gasteiger partial charge in [0.1, 0.15) is 11.5 Å². The first kappa shape index (κ1) is 13.0. The molecule has 2 rings (SSSR count). The zero-order valence-corrected chi connectivity index (χ0v) is 11.1. The lowest BCUT2D eigenvalue weighted by Gasteiger charge is -2.08. The van der Waals surface area contributed by atoms with Crippen LogP contribution in [0.5, 0.6) is 0 Å². The van der Waals surface area contributed by atoms with Gasteiger partial charge in [0.2, 0.25) is 0 Å². The van der Waals surface area contributed by atoms with Crippen LogP contribution in [0.3, 0.4) is 0 Å². The highest BCUT2D eigenvalue weighted by Crippen LogP contribution is 2.22. The van der Waals surface area contributed by atoms with Crippen molar-refractivity contribution in [3.8, 4) is 0 Å². The average molecular weight is 268 g/mol. The quantitative estimate of drug-likeness (QED) is 0.909. The van der Waals surface area contributed by atoms with Gasteiger partial charge in [0.25, 0.3) is 0 Å². The molecule has 1 heterocycles. The summed E-state index contributed by atoms with van der Waals surface area (Å²) in [5.41, 5.74) is 1.14. The Hall–Kier alpha value is -1.49. The van der Waals surface area contributed by atoms with E-state index in [1.165, 1.54) is 12.1 Å². The molecule has 96 valence electrons. The number of hydrogen-bond acceptors (Lipinski definition) is 3. The molecule has 0 spiro atoms. The molecule has 0 atom stereocenters. The molecule has 0 aliphatic rings. The van der Waals surface area contributed by atoms with Gasteiger partial charge >= 0.3 is 0 Å². The monoisotopic (exact) mass is 268 g/mol. The number of aromatic nitrogens is 1. The Kier molecular flexibility index (Phi) is 3.91. The summed E-state index contributed by atoms with van der Waals surface area (Å²) >= 11 is 1.56. The van der Waals surface area contributed by atoms with Gasteiger partial charge in [-0.2, -0.15) is 0 Å². The van der Waals surface area contributed by atoms with Gasteiger partial charge in [-0.1, -0.05) is 13.0 Å². The highest BCUT2D eigenvalue weighted by atomic mass is 32.1. The van der Waals surface area contributed by atoms with Gasteiger partial charge < -0.3 is 5.32 Å². The number of nitrogens with zero attached hydrogens (tertiary/aromatic N) is 1. The number of thiazole rings is 1. The Balaban J connectivity index is 2.12. The van der Waals surface area contributed by atoms with E-state index < -0.39 is 11.6 Å². The van der Waals surface area contributed by atoms with Crippen LogP contribution >= 0.6 is 11.3 Å². The normalized spacial score (nSPS) is 10.7. The molecule has 5 heteroatoms. The molecule has 0 saturated carbocycles. The molecule has 0 unspecified atom stereocenters. The summed E-state index contributed by atoms with van der Waals surface area (Å²) in [5.74, 6) is -1.12. The van der Waals surface area contributed by atoms with Gasteiger partial charge in [-0.05, 0) is 25.0 Å². The molecule has 0 radical (unpaired) electrons. The van der Waals surface area contributed by atoms with Crippen molar-refractivity contribution in [2.45, 2.75) is 26.8 Å². The van der Waals surface area contributed by atoms with Crippen LogP contribution in [0.1, 0.15) is 23.2 Å². The maximum absolute atomic E-state index is 13.7. The highest BCUT2D eigenvalue weighted by molar-refractivity contribution is 7.09. The van der Waals surface area contributed by atoms with E-state index >= 15 is 0 Å². The Morgan fingerprint density at radius 3 is 2.78 bits per heavy atom. The predicted molar refractivity (Wildman–Crippen MR) is 69.9 cm³/mol. The zero-order chi connectivity index (χ0) is 13.1. The lowest BCUT2D eigenvalue weighted by Crippen LogP contribution is -2.05. The van der Waals surface area contributed by atoms with Crippen LogP contribution in [-0.2, 0) is 13.0 Å². The number of rotatable bonds is 4. The van der Waals surface area contributed by atoms with Gasteiger partial charge in [0, 0.05) is 5.38 Å². The van der Waals surface area contributed by atoms with Gasteiger partial charge in [-0.25, -0.2) is 13.8 Å². The van der Waals surface area contributed by atoms with Crippen LogP contribution in [-0.4, -0.2) is 4.98 Å². The number of aryl methyl sites for hydroxylation is 2. The number of hydrogen-bond donors (Lipinski definition) is 1. The standard InChI is InChI=1S/C13H14F2N2S/c1-3-11-17-9(7-18-11)6-16-13-10(14)5-4-8(2)12(13)15/h4-5,7,16H,3,6H2,1-2H3. The van der Waals surface area contributed by atoms with Gasteiger partial charge in [-0.3, -0.25) is 0 Å². The van der Waals surface area contributed by atoms with E-state index in [2.05, 4.69) is 10.3 Å². The van der Waals surface area contributed by atoms with Crippen molar-refractivity contribution in [2.75, 3.05) is 5.32 Å². The van der Waals surface area contributed by atoms with Crippen molar-refractivity contribution in [3.63, 3.8) is 0 Å². The van der Waals surface area contributed by atoms with E-state index in [0.29, 0.717) is 12.1 Å². The predicted octanol–water partition coefficient (Wildman–Crippen LogP) is 3.90. The van der Waals surface area contributed by atoms with E-state index in [4.69, 9.17) is 0 Å². The fourth-order valence-corrected chi connectivity index (χ4v) is 2.33. The summed E-state index contributed by atoms with van der Waals surface area (Å²) in [5, 5.41) is 5.70. The molecule has 1 aromatic heterocycles. The first-order valence-electron chi connectivity index (χ1n) is 5.73. The zero-order valence-electron chi connectivity index (χ0n) is 10.3. The molecule has 0 saturated heterocycles. The summed E-state index contributed by atoms with van der Waals surface area (Å²) in [6, 6.07) is 2.69. The molecular weight excluding hydrogens is 254 g/mol. The first-order valence-corrected chi connectivity index (χ1v) is 6.61. The third kappa shape index (κ3) is 2.67. The topological polar surface area (TPSA) is 24.9 Å². The van der Waals surface area contributed by atoms with E-state index in [-0.39, 0.29) is 5.69 Å². The summed E-state index contributed by atoms with van der Waals surface area (Å²) in [6.07, 6.45) is 0.873. The molecule has 0 aliphatic heterocycles. The second-order valence-electron chi connectivity index (χ2n) is 3.99. The fourth-order valence-electron chi connectivity index (χ4n) is 1.59. The lowest BCUT2D eigenvalue weighted by atomic mass is 10.2. The van der Waals surface area contributed by atoms with E-state index in [9.17, 15) is 8.78 Å². The second-order valence-corrected chi connectivity index (χ2v) is 4.94. The summed E-state index contributed by atoms with van der Waals surface area (Å²) in [7, 11) is 0. The van der Waals surface area contributed by atoms with Crippen molar-refractivity contribution < 1.29 is 8.78 Å². The maximum atomic E-state index is 13.7.